The number of anilines is 1. The zero-order valence-corrected chi connectivity index (χ0v) is 19.8. The molecule has 3 rings (SSSR count). The van der Waals surface area contributed by atoms with Crippen molar-refractivity contribution >= 4 is 27.7 Å². The molecule has 1 aromatic carbocycles. The molecule has 0 amide bonds. The van der Waals surface area contributed by atoms with E-state index in [4.69, 9.17) is 14.2 Å². The van der Waals surface area contributed by atoms with Gasteiger partial charge in [-0.05, 0) is 73.4 Å². The van der Waals surface area contributed by atoms with Crippen LogP contribution in [0.25, 0.3) is 0 Å². The van der Waals surface area contributed by atoms with Gasteiger partial charge in [-0.25, -0.2) is 14.8 Å². The number of nitrogens with zero attached hydrogens (tertiary/aromatic N) is 3. The van der Waals surface area contributed by atoms with Gasteiger partial charge in [0.25, 0.3) is 0 Å². The van der Waals surface area contributed by atoms with Crippen molar-refractivity contribution < 1.29 is 19.0 Å². The molecule has 1 aliphatic heterocycles. The minimum atomic E-state index is -0.497. The van der Waals surface area contributed by atoms with E-state index in [0.29, 0.717) is 25.8 Å². The van der Waals surface area contributed by atoms with Gasteiger partial charge in [0, 0.05) is 12.6 Å². The summed E-state index contributed by atoms with van der Waals surface area (Å²) in [6.07, 6.45) is 5.09. The maximum atomic E-state index is 11.7. The van der Waals surface area contributed by atoms with Gasteiger partial charge in [-0.15, -0.1) is 0 Å². The number of ether oxygens (including phenoxy) is 3. The first-order valence-corrected chi connectivity index (χ1v) is 11.3. The van der Waals surface area contributed by atoms with E-state index in [1.54, 1.807) is 6.20 Å². The Hall–Kier alpha value is -2.39. The average Bonchev–Trinajstić information content (AvgIpc) is 2.81. The quantitative estimate of drug-likeness (QED) is 0.531. The van der Waals surface area contributed by atoms with Gasteiger partial charge in [0.05, 0.1) is 32.7 Å². The van der Waals surface area contributed by atoms with Gasteiger partial charge >= 0.3 is 5.97 Å². The molecule has 0 spiro atoms. The first-order valence-electron chi connectivity index (χ1n) is 10.5. The van der Waals surface area contributed by atoms with Crippen LogP contribution in [0.2, 0.25) is 0 Å². The second kappa shape index (κ2) is 11.3. The minimum absolute atomic E-state index is 0.192. The second-order valence-electron chi connectivity index (χ2n) is 7.13. The van der Waals surface area contributed by atoms with Gasteiger partial charge < -0.3 is 24.4 Å². The summed E-state index contributed by atoms with van der Waals surface area (Å²) >= 11 is 3.60. The number of piperidine rings is 1. The maximum absolute atomic E-state index is 11.7. The third-order valence-corrected chi connectivity index (χ3v) is 5.88. The van der Waals surface area contributed by atoms with E-state index in [0.717, 1.165) is 53.3 Å². The molecule has 1 aromatic heterocycles. The molecular formula is C22H29BrN4O4. The average molecular weight is 493 g/mol. The van der Waals surface area contributed by atoms with Gasteiger partial charge in [-0.3, -0.25) is 0 Å². The first-order chi connectivity index (χ1) is 15.1. The highest BCUT2D eigenvalue weighted by Gasteiger charge is 2.24. The molecule has 0 unspecified atom stereocenters. The molecule has 2 heterocycles. The molecule has 2 aromatic rings. The predicted octanol–water partition coefficient (Wildman–Crippen LogP) is 3.58. The molecule has 1 aliphatic rings. The lowest BCUT2D eigenvalue weighted by atomic mass is 10.0. The van der Waals surface area contributed by atoms with Crippen LogP contribution in [0.1, 0.15) is 42.7 Å². The number of carbonyl (C=O) groups is 1. The Kier molecular flexibility index (Phi) is 8.48. The molecule has 31 heavy (non-hydrogen) atoms. The summed E-state index contributed by atoms with van der Waals surface area (Å²) in [5.74, 6) is 1.73. The van der Waals surface area contributed by atoms with E-state index < -0.39 is 5.97 Å². The largest absolute Gasteiger partial charge is 0.493 e. The highest BCUT2D eigenvalue weighted by atomic mass is 79.9. The monoisotopic (exact) mass is 492 g/mol. The van der Waals surface area contributed by atoms with E-state index >= 15 is 0 Å². The highest BCUT2D eigenvalue weighted by molar-refractivity contribution is 9.10. The van der Waals surface area contributed by atoms with Crippen LogP contribution in [0.4, 0.5) is 5.82 Å². The van der Waals surface area contributed by atoms with Crippen molar-refractivity contribution in [2.24, 2.45) is 0 Å². The Morgan fingerprint density at radius 3 is 2.29 bits per heavy atom. The third-order valence-electron chi connectivity index (χ3n) is 5.09. The van der Waals surface area contributed by atoms with Gasteiger partial charge in [0.15, 0.2) is 5.69 Å². The van der Waals surface area contributed by atoms with E-state index in [1.165, 1.54) is 13.3 Å². The number of aromatic nitrogens is 2. The molecule has 0 bridgehead atoms. The number of nitrogens with one attached hydrogen (secondary N) is 1. The van der Waals surface area contributed by atoms with Gasteiger partial charge in [-0.2, -0.15) is 0 Å². The number of esters is 1. The molecule has 1 N–H and O–H groups in total. The fraction of sp³-hybridized carbons (Fsp3) is 0.500. The summed E-state index contributed by atoms with van der Waals surface area (Å²) in [4.78, 5) is 22.8. The van der Waals surface area contributed by atoms with Crippen molar-refractivity contribution in [2.75, 3.05) is 38.3 Å². The van der Waals surface area contributed by atoms with Crippen molar-refractivity contribution in [1.29, 1.82) is 0 Å². The third kappa shape index (κ3) is 5.86. The number of methoxy groups -OCH3 is 1. The van der Waals surface area contributed by atoms with Crippen LogP contribution >= 0.6 is 15.9 Å². The van der Waals surface area contributed by atoms with Crippen LogP contribution in [-0.2, 0) is 11.3 Å². The summed E-state index contributed by atoms with van der Waals surface area (Å²) in [7, 11) is 1.33. The Morgan fingerprint density at radius 2 is 1.77 bits per heavy atom. The molecular weight excluding hydrogens is 464 g/mol. The van der Waals surface area contributed by atoms with Crippen LogP contribution in [0, 0.1) is 0 Å². The van der Waals surface area contributed by atoms with Crippen LogP contribution in [-0.4, -0.2) is 55.4 Å². The van der Waals surface area contributed by atoms with E-state index in [9.17, 15) is 4.79 Å². The zero-order valence-electron chi connectivity index (χ0n) is 18.2. The Labute approximate surface area is 191 Å². The summed E-state index contributed by atoms with van der Waals surface area (Å²) in [6, 6.07) is 4.36. The lowest BCUT2D eigenvalue weighted by molar-refractivity contribution is 0.0593. The summed E-state index contributed by atoms with van der Waals surface area (Å²) < 4.78 is 17.2. The summed E-state index contributed by atoms with van der Waals surface area (Å²) in [5, 5.41) is 3.41. The van der Waals surface area contributed by atoms with E-state index in [2.05, 4.69) is 36.1 Å². The Bertz CT molecular complexity index is 845. The van der Waals surface area contributed by atoms with Crippen molar-refractivity contribution in [2.45, 2.75) is 39.3 Å². The van der Waals surface area contributed by atoms with Crippen LogP contribution in [0.3, 0.4) is 0 Å². The van der Waals surface area contributed by atoms with Crippen molar-refractivity contribution in [3.63, 3.8) is 0 Å². The normalized spacial score (nSPS) is 14.2. The number of carbonyl (C=O) groups excluding carboxylic acids is 1. The van der Waals surface area contributed by atoms with Gasteiger partial charge in [0.2, 0.25) is 0 Å². The lowest BCUT2D eigenvalue weighted by Gasteiger charge is -2.35. The summed E-state index contributed by atoms with van der Waals surface area (Å²) in [6.45, 7) is 7.55. The molecule has 8 nitrogen and oxygen atoms in total. The predicted molar refractivity (Wildman–Crippen MR) is 122 cm³/mol. The molecule has 0 aliphatic carbocycles. The number of halogens is 1. The first kappa shape index (κ1) is 23.3. The second-order valence-corrected chi connectivity index (χ2v) is 7.93. The molecule has 168 valence electrons. The van der Waals surface area contributed by atoms with Gasteiger partial charge in [0.1, 0.15) is 21.8 Å². The Balaban J connectivity index is 1.94. The number of hydrogen-bond donors (Lipinski definition) is 1. The van der Waals surface area contributed by atoms with Crippen molar-refractivity contribution in [1.82, 2.24) is 15.3 Å². The molecule has 0 atom stereocenters. The Morgan fingerprint density at radius 1 is 1.13 bits per heavy atom. The fourth-order valence-corrected chi connectivity index (χ4v) is 4.09. The fourth-order valence-electron chi connectivity index (χ4n) is 3.63. The van der Waals surface area contributed by atoms with Crippen molar-refractivity contribution in [3.8, 4) is 11.5 Å². The number of hydrogen-bond acceptors (Lipinski definition) is 8. The molecule has 1 saturated heterocycles. The van der Waals surface area contributed by atoms with E-state index in [1.807, 2.05) is 26.0 Å². The summed E-state index contributed by atoms with van der Waals surface area (Å²) in [5.41, 5.74) is 1.24. The number of benzene rings is 1. The highest BCUT2D eigenvalue weighted by Crippen LogP contribution is 2.37. The smallest absolute Gasteiger partial charge is 0.358 e. The van der Waals surface area contributed by atoms with Crippen LogP contribution in [0.15, 0.2) is 29.0 Å². The van der Waals surface area contributed by atoms with E-state index in [-0.39, 0.29) is 5.69 Å². The van der Waals surface area contributed by atoms with Gasteiger partial charge in [-0.1, -0.05) is 0 Å². The molecule has 0 radical (unpaired) electrons. The molecule has 1 fully saturated rings. The van der Waals surface area contributed by atoms with Crippen molar-refractivity contribution in [3.05, 3.63) is 40.3 Å². The number of rotatable bonds is 9. The molecule has 0 saturated carbocycles. The van der Waals surface area contributed by atoms with Crippen LogP contribution in [0.5, 0.6) is 11.5 Å². The zero-order chi connectivity index (χ0) is 22.2. The maximum Gasteiger partial charge on any atom is 0.358 e. The molecule has 9 heteroatoms. The topological polar surface area (TPSA) is 85.8 Å². The lowest BCUT2D eigenvalue weighted by Crippen LogP contribution is -2.43. The standard InChI is InChI=1S/C22H29BrN4O4/c1-4-30-18-10-15(11-19(21(18)23)31-5-2)14-27(16-6-8-24-9-7-16)20-13-25-17(12-26-20)22(28)29-3/h10-13,16,24H,4-9,14H2,1-3H3. The SMILES string of the molecule is CCOc1cc(CN(c2cnc(C(=O)OC)cn2)C2CCNCC2)cc(OCC)c1Br. The minimum Gasteiger partial charge on any atom is -0.493 e. The van der Waals surface area contributed by atoms with Crippen LogP contribution < -0.4 is 19.7 Å².